The van der Waals surface area contributed by atoms with E-state index in [1.807, 2.05) is 54.6 Å². The average Bonchev–Trinajstić information content (AvgIpc) is 3.04. The van der Waals surface area contributed by atoms with Crippen LogP contribution < -0.4 is 5.32 Å². The molecule has 4 aromatic rings. The molecule has 3 N–H and O–H groups in total. The van der Waals surface area contributed by atoms with Gasteiger partial charge in [0.05, 0.1) is 22.9 Å². The van der Waals surface area contributed by atoms with Crippen LogP contribution in [0.5, 0.6) is 5.88 Å². The molecule has 0 radical (unpaired) electrons. The van der Waals surface area contributed by atoms with Gasteiger partial charge in [0.1, 0.15) is 5.82 Å². The highest BCUT2D eigenvalue weighted by atomic mass is 32.2. The van der Waals surface area contributed by atoms with Crippen molar-refractivity contribution < 1.29 is 19.8 Å². The second-order valence-corrected chi connectivity index (χ2v) is 7.78. The molecule has 156 valence electrons. The summed E-state index contributed by atoms with van der Waals surface area (Å²) >= 11 is 1.32. The van der Waals surface area contributed by atoms with Crippen molar-refractivity contribution >= 4 is 40.2 Å². The highest BCUT2D eigenvalue weighted by Crippen LogP contribution is 2.38. The first-order valence-electron chi connectivity index (χ1n) is 9.49. The fraction of sp³-hybridized carbons (Fsp3) is 0.0870. The number of carboxylic acid groups (broad SMARTS) is 1. The van der Waals surface area contributed by atoms with Crippen LogP contribution in [0.4, 0.5) is 5.82 Å². The van der Waals surface area contributed by atoms with Gasteiger partial charge in [-0.25, -0.2) is 9.78 Å². The monoisotopic (exact) mass is 433 g/mol. The molecule has 2 heterocycles. The molecule has 0 spiro atoms. The summed E-state index contributed by atoms with van der Waals surface area (Å²) in [5.74, 6) is -0.815. The second kappa shape index (κ2) is 8.93. The number of anilines is 1. The topological polar surface area (TPSA) is 104 Å². The Labute approximate surface area is 182 Å². The average molecular weight is 433 g/mol. The second-order valence-electron chi connectivity index (χ2n) is 6.82. The van der Waals surface area contributed by atoms with Crippen molar-refractivity contribution in [1.29, 1.82) is 0 Å². The molecule has 0 fully saturated rings. The van der Waals surface area contributed by atoms with Crippen LogP contribution in [0.1, 0.15) is 15.9 Å². The van der Waals surface area contributed by atoms with Crippen LogP contribution in [0.25, 0.3) is 10.8 Å². The van der Waals surface area contributed by atoms with E-state index in [0.717, 1.165) is 21.4 Å². The largest absolute Gasteiger partial charge is 0.494 e. The molecule has 0 atom stereocenters. The molecular weight excluding hydrogens is 414 g/mol. The fourth-order valence-electron chi connectivity index (χ4n) is 3.23. The van der Waals surface area contributed by atoms with Gasteiger partial charge in [-0.15, -0.1) is 0 Å². The molecule has 0 saturated heterocycles. The lowest BCUT2D eigenvalue weighted by molar-refractivity contribution is -0.113. The number of nitrogens with zero attached hydrogens (tertiary/aromatic N) is 2. The Kier molecular flexibility index (Phi) is 5.90. The number of hydrogen-bond donors (Lipinski definition) is 3. The van der Waals surface area contributed by atoms with Gasteiger partial charge in [-0.05, 0) is 23.8 Å². The smallest absolute Gasteiger partial charge is 0.337 e. The highest BCUT2D eigenvalue weighted by molar-refractivity contribution is 8.00. The molecule has 8 heteroatoms. The van der Waals surface area contributed by atoms with Crippen LogP contribution in [-0.2, 0) is 11.3 Å². The summed E-state index contributed by atoms with van der Waals surface area (Å²) in [5.41, 5.74) is 1.08. The van der Waals surface area contributed by atoms with Gasteiger partial charge in [-0.1, -0.05) is 60.3 Å². The molecule has 1 amide bonds. The molecule has 4 rings (SSSR count). The van der Waals surface area contributed by atoms with Gasteiger partial charge in [-0.2, -0.15) is 0 Å². The van der Waals surface area contributed by atoms with Crippen LogP contribution in [0.3, 0.4) is 0 Å². The van der Waals surface area contributed by atoms with Crippen LogP contribution in [0.15, 0.2) is 78.0 Å². The van der Waals surface area contributed by atoms with E-state index in [9.17, 15) is 14.7 Å². The van der Waals surface area contributed by atoms with E-state index in [2.05, 4.69) is 10.3 Å². The van der Waals surface area contributed by atoms with Crippen LogP contribution in [-0.4, -0.2) is 37.4 Å². The summed E-state index contributed by atoms with van der Waals surface area (Å²) in [6.45, 7) is 0.476. The maximum absolute atomic E-state index is 12.5. The number of aromatic nitrogens is 2. The number of fused-ring (bicyclic) bond motifs is 1. The maximum atomic E-state index is 12.5. The number of hydrogen-bond acceptors (Lipinski definition) is 5. The minimum Gasteiger partial charge on any atom is -0.494 e. The number of aromatic carboxylic acids is 1. The molecule has 0 aliphatic heterocycles. The number of aromatic hydroxyl groups is 1. The van der Waals surface area contributed by atoms with Gasteiger partial charge in [-0.3, -0.25) is 4.79 Å². The number of amides is 1. The number of nitrogens with one attached hydrogen (secondary N) is 1. The number of carbonyl (C=O) groups is 2. The molecule has 0 saturated carbocycles. The number of benzene rings is 2. The standard InChI is InChI=1S/C23H19N3O4S/c27-20(25-19-11-10-16(12-24-19)23(29)30)14-31-22-18-9-5-4-8-17(18)21(28)26(22)13-15-6-2-1-3-7-15/h1-12,28H,13-14H2,(H,29,30)(H,24,25,27). The Balaban J connectivity index is 1.54. The number of carboxylic acids is 1. The Morgan fingerprint density at radius 2 is 1.68 bits per heavy atom. The van der Waals surface area contributed by atoms with E-state index in [1.165, 1.54) is 30.1 Å². The SMILES string of the molecule is O=C(CSc1c2ccccc2c(O)n1Cc1ccccc1)Nc1ccc(C(=O)O)cn1. The molecule has 7 nitrogen and oxygen atoms in total. The molecule has 0 aliphatic carbocycles. The van der Waals surface area contributed by atoms with E-state index in [-0.39, 0.29) is 28.9 Å². The van der Waals surface area contributed by atoms with Gasteiger partial charge in [0.25, 0.3) is 0 Å². The minimum absolute atomic E-state index is 0.0491. The number of thioether (sulfide) groups is 1. The third-order valence-corrected chi connectivity index (χ3v) is 5.82. The molecule has 0 unspecified atom stereocenters. The zero-order chi connectivity index (χ0) is 21.8. The lowest BCUT2D eigenvalue weighted by atomic mass is 10.2. The Morgan fingerprint density at radius 3 is 2.35 bits per heavy atom. The lowest BCUT2D eigenvalue weighted by Crippen LogP contribution is -2.15. The van der Waals surface area contributed by atoms with E-state index in [1.54, 1.807) is 4.57 Å². The molecule has 0 aliphatic rings. The molecule has 2 aromatic carbocycles. The van der Waals surface area contributed by atoms with Crippen molar-refractivity contribution in [2.24, 2.45) is 0 Å². The molecule has 2 aromatic heterocycles. The number of pyridine rings is 1. The van der Waals surface area contributed by atoms with Crippen molar-refractivity contribution in [1.82, 2.24) is 9.55 Å². The minimum atomic E-state index is -1.08. The van der Waals surface area contributed by atoms with Gasteiger partial charge in [0, 0.05) is 17.0 Å². The highest BCUT2D eigenvalue weighted by Gasteiger charge is 2.18. The van der Waals surface area contributed by atoms with Gasteiger partial charge in [0.15, 0.2) is 5.88 Å². The summed E-state index contributed by atoms with van der Waals surface area (Å²) in [7, 11) is 0. The van der Waals surface area contributed by atoms with Gasteiger partial charge < -0.3 is 20.1 Å². The van der Waals surface area contributed by atoms with Crippen molar-refractivity contribution in [3.05, 3.63) is 84.1 Å². The number of rotatable bonds is 7. The van der Waals surface area contributed by atoms with Crippen LogP contribution >= 0.6 is 11.8 Å². The normalized spacial score (nSPS) is 10.8. The lowest BCUT2D eigenvalue weighted by Gasteiger charge is -2.11. The Morgan fingerprint density at radius 1 is 0.968 bits per heavy atom. The summed E-state index contributed by atoms with van der Waals surface area (Å²) in [4.78, 5) is 27.3. The molecular formula is C23H19N3O4S. The summed E-state index contributed by atoms with van der Waals surface area (Å²) in [5, 5.41) is 24.8. The third-order valence-electron chi connectivity index (χ3n) is 4.70. The maximum Gasteiger partial charge on any atom is 0.337 e. The predicted octanol–water partition coefficient (Wildman–Crippen LogP) is 4.22. The van der Waals surface area contributed by atoms with Crippen molar-refractivity contribution in [3.63, 3.8) is 0 Å². The summed E-state index contributed by atoms with van der Waals surface area (Å²) < 4.78 is 1.80. The summed E-state index contributed by atoms with van der Waals surface area (Å²) in [6, 6.07) is 20.2. The van der Waals surface area contributed by atoms with Crippen molar-refractivity contribution in [2.75, 3.05) is 11.1 Å². The molecule has 31 heavy (non-hydrogen) atoms. The van der Waals surface area contributed by atoms with Crippen LogP contribution in [0, 0.1) is 0 Å². The Bertz CT molecular complexity index is 1240. The Hall–Kier alpha value is -3.78. The molecule has 0 bridgehead atoms. The van der Waals surface area contributed by atoms with E-state index < -0.39 is 5.97 Å². The third kappa shape index (κ3) is 4.54. The van der Waals surface area contributed by atoms with E-state index >= 15 is 0 Å². The van der Waals surface area contributed by atoms with Gasteiger partial charge in [0.2, 0.25) is 5.91 Å². The zero-order valence-corrected chi connectivity index (χ0v) is 17.2. The number of carbonyl (C=O) groups excluding carboxylic acids is 1. The predicted molar refractivity (Wildman–Crippen MR) is 120 cm³/mol. The summed E-state index contributed by atoms with van der Waals surface area (Å²) in [6.07, 6.45) is 1.20. The first kappa shape index (κ1) is 20.5. The van der Waals surface area contributed by atoms with E-state index in [0.29, 0.717) is 6.54 Å². The van der Waals surface area contributed by atoms with Crippen molar-refractivity contribution in [2.45, 2.75) is 11.6 Å². The quantitative estimate of drug-likeness (QED) is 0.377. The first-order valence-corrected chi connectivity index (χ1v) is 10.5. The fourth-order valence-corrected chi connectivity index (χ4v) is 4.21. The van der Waals surface area contributed by atoms with Crippen molar-refractivity contribution in [3.8, 4) is 5.88 Å². The zero-order valence-electron chi connectivity index (χ0n) is 16.4. The first-order chi connectivity index (χ1) is 15.0. The van der Waals surface area contributed by atoms with Gasteiger partial charge >= 0.3 is 5.97 Å². The van der Waals surface area contributed by atoms with E-state index in [4.69, 9.17) is 5.11 Å². The van der Waals surface area contributed by atoms with Crippen LogP contribution in [0.2, 0.25) is 0 Å².